The number of benzene rings is 1. The zero-order valence-electron chi connectivity index (χ0n) is 5.47. The van der Waals surface area contributed by atoms with Crippen LogP contribution in [0.2, 0.25) is 0 Å². The summed E-state index contributed by atoms with van der Waals surface area (Å²) < 4.78 is 25.0. The third-order valence-corrected chi connectivity index (χ3v) is 2.09. The quantitative estimate of drug-likeness (QED) is 0.593. The molecule has 1 aromatic rings. The predicted molar refractivity (Wildman–Crippen MR) is 39.3 cm³/mol. The Hall–Kier alpha value is -0.570. The van der Waals surface area contributed by atoms with Crippen LogP contribution in [0.25, 0.3) is 0 Å². The van der Waals surface area contributed by atoms with Crippen molar-refractivity contribution in [3.05, 3.63) is 30.3 Å². The maximum atomic E-state index is 12.5. The van der Waals surface area contributed by atoms with Crippen molar-refractivity contribution in [3.63, 3.8) is 0 Å². The molecule has 1 rings (SSSR count). The first kappa shape index (κ1) is 7.54. The van der Waals surface area contributed by atoms with Crippen LogP contribution in [0.5, 0.6) is 0 Å². The Bertz CT molecular complexity index is 203. The van der Waals surface area contributed by atoms with Gasteiger partial charge >= 0.3 is 0 Å². The van der Waals surface area contributed by atoms with Crippen LogP contribution in [0.3, 0.4) is 0 Å². The van der Waals surface area contributed by atoms with Gasteiger partial charge in [0.15, 0.2) is 0 Å². The van der Waals surface area contributed by atoms with Gasteiger partial charge in [0.05, 0.1) is 15.7 Å². The SMILES string of the molecule is CS(F)(F)c1[c]cccc1. The van der Waals surface area contributed by atoms with Crippen molar-refractivity contribution in [2.75, 3.05) is 6.26 Å². The Morgan fingerprint density at radius 2 is 2.10 bits per heavy atom. The fourth-order valence-electron chi connectivity index (χ4n) is 0.600. The molecule has 0 N–H and O–H groups in total. The molecule has 0 spiro atoms. The molecule has 0 nitrogen and oxygen atoms in total. The minimum Gasteiger partial charge on any atom is -0.153 e. The monoisotopic (exact) mass is 161 g/mol. The van der Waals surface area contributed by atoms with Gasteiger partial charge in [-0.25, -0.2) is 0 Å². The lowest BCUT2D eigenvalue weighted by atomic mass is 10.4. The van der Waals surface area contributed by atoms with Gasteiger partial charge in [0, 0.05) is 6.26 Å². The molecule has 55 valence electrons. The average Bonchev–Trinajstić information content (AvgIpc) is 1.88. The van der Waals surface area contributed by atoms with Crippen LogP contribution in [0.1, 0.15) is 0 Å². The average molecular weight is 161 g/mol. The van der Waals surface area contributed by atoms with Crippen LogP contribution >= 0.6 is 10.8 Å². The van der Waals surface area contributed by atoms with Crippen LogP contribution in [-0.4, -0.2) is 6.26 Å². The molecule has 3 heteroatoms. The van der Waals surface area contributed by atoms with Crippen molar-refractivity contribution in [1.29, 1.82) is 0 Å². The van der Waals surface area contributed by atoms with E-state index in [-0.39, 0.29) is 4.90 Å². The van der Waals surface area contributed by atoms with Gasteiger partial charge in [0.25, 0.3) is 0 Å². The molecule has 0 bridgehead atoms. The van der Waals surface area contributed by atoms with E-state index in [0.29, 0.717) is 0 Å². The largest absolute Gasteiger partial charge is 0.153 e. The van der Waals surface area contributed by atoms with Crippen LogP contribution in [0.4, 0.5) is 7.77 Å². The zero-order chi connectivity index (χ0) is 7.61. The van der Waals surface area contributed by atoms with Crippen molar-refractivity contribution < 1.29 is 7.77 Å². The second kappa shape index (κ2) is 2.58. The molecular formula is C7H7F2S. The summed E-state index contributed by atoms with van der Waals surface area (Å²) in [5.74, 6) is 0. The van der Waals surface area contributed by atoms with E-state index in [0.717, 1.165) is 6.26 Å². The summed E-state index contributed by atoms with van der Waals surface area (Å²) in [6.45, 7) is 0. The van der Waals surface area contributed by atoms with Gasteiger partial charge in [-0.05, 0) is 12.1 Å². The third kappa shape index (κ3) is 1.70. The molecule has 0 saturated heterocycles. The lowest BCUT2D eigenvalue weighted by molar-refractivity contribution is 0.751. The highest BCUT2D eigenvalue weighted by Gasteiger charge is 2.16. The Balaban J connectivity index is 2.97. The van der Waals surface area contributed by atoms with Gasteiger partial charge in [0.1, 0.15) is 0 Å². The first-order valence-corrected chi connectivity index (χ1v) is 4.59. The van der Waals surface area contributed by atoms with E-state index < -0.39 is 10.8 Å². The summed E-state index contributed by atoms with van der Waals surface area (Å²) in [6, 6.07) is 8.66. The van der Waals surface area contributed by atoms with E-state index in [2.05, 4.69) is 6.07 Å². The van der Waals surface area contributed by atoms with E-state index in [9.17, 15) is 7.77 Å². The van der Waals surface area contributed by atoms with E-state index >= 15 is 0 Å². The van der Waals surface area contributed by atoms with Crippen molar-refractivity contribution in [2.24, 2.45) is 0 Å². The second-order valence-corrected chi connectivity index (χ2v) is 3.84. The first-order chi connectivity index (χ1) is 4.61. The summed E-state index contributed by atoms with van der Waals surface area (Å²) in [4.78, 5) is 0.0231. The Morgan fingerprint density at radius 1 is 1.40 bits per heavy atom. The standard InChI is InChI=1S/C7H7F2S/c1-10(8,9)7-5-3-2-4-6-7/h2-5H,1H3. The highest BCUT2D eigenvalue weighted by atomic mass is 32.3. The maximum absolute atomic E-state index is 12.5. The predicted octanol–water partition coefficient (Wildman–Crippen LogP) is 3.05. The Morgan fingerprint density at radius 3 is 2.40 bits per heavy atom. The normalized spacial score (nSPS) is 13.1. The highest BCUT2D eigenvalue weighted by Crippen LogP contribution is 2.55. The molecule has 1 aromatic carbocycles. The minimum atomic E-state index is -3.56. The second-order valence-electron chi connectivity index (χ2n) is 1.95. The Kier molecular flexibility index (Phi) is 1.94. The summed E-state index contributed by atoms with van der Waals surface area (Å²) in [7, 11) is -3.56. The first-order valence-electron chi connectivity index (χ1n) is 2.75. The number of hydrogen-bond acceptors (Lipinski definition) is 0. The molecule has 1 radical (unpaired) electrons. The van der Waals surface area contributed by atoms with E-state index in [1.165, 1.54) is 12.1 Å². The van der Waals surface area contributed by atoms with Gasteiger partial charge in [-0.3, -0.25) is 0 Å². The van der Waals surface area contributed by atoms with Gasteiger partial charge in [-0.2, -0.15) is 7.77 Å². The molecule has 0 fully saturated rings. The lowest BCUT2D eigenvalue weighted by Gasteiger charge is -2.13. The third-order valence-electron chi connectivity index (χ3n) is 1.07. The van der Waals surface area contributed by atoms with Crippen LogP contribution in [0, 0.1) is 6.07 Å². The number of rotatable bonds is 1. The lowest BCUT2D eigenvalue weighted by Crippen LogP contribution is -1.81. The van der Waals surface area contributed by atoms with Gasteiger partial charge < -0.3 is 0 Å². The van der Waals surface area contributed by atoms with E-state index in [1.807, 2.05) is 0 Å². The minimum absolute atomic E-state index is 0.0231. The fourth-order valence-corrected chi connectivity index (χ4v) is 1.19. The van der Waals surface area contributed by atoms with Crippen LogP contribution < -0.4 is 0 Å². The molecule has 0 aliphatic carbocycles. The molecule has 0 aromatic heterocycles. The van der Waals surface area contributed by atoms with Gasteiger partial charge in [-0.15, -0.1) is 0 Å². The smallest absolute Gasteiger partial charge is 0.0830 e. The van der Waals surface area contributed by atoms with Gasteiger partial charge in [0.2, 0.25) is 0 Å². The maximum Gasteiger partial charge on any atom is 0.0830 e. The van der Waals surface area contributed by atoms with Crippen molar-refractivity contribution >= 4 is 10.8 Å². The molecule has 0 unspecified atom stereocenters. The van der Waals surface area contributed by atoms with Crippen molar-refractivity contribution in [3.8, 4) is 0 Å². The van der Waals surface area contributed by atoms with Crippen LogP contribution in [0.15, 0.2) is 29.2 Å². The zero-order valence-corrected chi connectivity index (χ0v) is 6.29. The highest BCUT2D eigenvalue weighted by molar-refractivity contribution is 8.24. The van der Waals surface area contributed by atoms with Crippen molar-refractivity contribution in [1.82, 2.24) is 0 Å². The topological polar surface area (TPSA) is 0 Å². The summed E-state index contributed by atoms with van der Waals surface area (Å²) in [5, 5.41) is 0. The molecular weight excluding hydrogens is 154 g/mol. The number of halogens is 2. The summed E-state index contributed by atoms with van der Waals surface area (Å²) >= 11 is 0. The van der Waals surface area contributed by atoms with Crippen molar-refractivity contribution in [2.45, 2.75) is 4.90 Å². The molecule has 0 aliphatic heterocycles. The van der Waals surface area contributed by atoms with Crippen LogP contribution in [-0.2, 0) is 0 Å². The van der Waals surface area contributed by atoms with Gasteiger partial charge in [-0.1, -0.05) is 18.2 Å². The summed E-state index contributed by atoms with van der Waals surface area (Å²) in [6.07, 6.45) is 0.943. The molecule has 10 heavy (non-hydrogen) atoms. The number of hydrogen-bond donors (Lipinski definition) is 0. The molecule has 0 amide bonds. The fraction of sp³-hybridized carbons (Fsp3) is 0.143. The molecule has 0 saturated carbocycles. The Labute approximate surface area is 60.8 Å². The summed E-state index contributed by atoms with van der Waals surface area (Å²) in [5.41, 5.74) is 0. The molecule has 0 heterocycles. The molecule has 0 atom stereocenters. The van der Waals surface area contributed by atoms with E-state index in [4.69, 9.17) is 0 Å². The van der Waals surface area contributed by atoms with E-state index in [1.54, 1.807) is 12.1 Å². The molecule has 0 aliphatic rings.